The van der Waals surface area contributed by atoms with Crippen molar-refractivity contribution < 1.29 is 0 Å². The number of aromatic amines is 1. The molecule has 0 aliphatic carbocycles. The van der Waals surface area contributed by atoms with Gasteiger partial charge in [0.1, 0.15) is 11.6 Å². The number of H-pyrrole nitrogens is 1. The third-order valence-electron chi connectivity index (χ3n) is 3.54. The lowest BCUT2D eigenvalue weighted by Crippen LogP contribution is -2.46. The van der Waals surface area contributed by atoms with Crippen molar-refractivity contribution >= 4 is 5.82 Å². The zero-order valence-electron chi connectivity index (χ0n) is 12.0. The fourth-order valence-corrected chi connectivity index (χ4v) is 2.54. The quantitative estimate of drug-likeness (QED) is 0.868. The van der Waals surface area contributed by atoms with E-state index in [0.717, 1.165) is 37.7 Å². The number of aryl methyl sites for hydroxylation is 1. The molecule has 1 aliphatic rings. The summed E-state index contributed by atoms with van der Waals surface area (Å²) in [4.78, 5) is 31.4. The van der Waals surface area contributed by atoms with E-state index in [1.165, 1.54) is 0 Å². The van der Waals surface area contributed by atoms with E-state index in [-0.39, 0.29) is 5.56 Å². The van der Waals surface area contributed by atoms with Gasteiger partial charge >= 0.3 is 0 Å². The number of nitrogens with zero attached hydrogens (tertiary/aromatic N) is 5. The standard InChI is InChI=1S/C14H18N6O/c1-11-17-12(8-14(21)18-11)10-19-4-6-20(7-5-19)13-9-15-2-3-16-13/h2-3,8-9H,4-7,10H2,1H3,(H,17,18,21). The molecular weight excluding hydrogens is 268 g/mol. The van der Waals surface area contributed by atoms with Gasteiger partial charge in [0.2, 0.25) is 0 Å². The molecule has 0 saturated carbocycles. The Hall–Kier alpha value is -2.28. The van der Waals surface area contributed by atoms with Gasteiger partial charge in [-0.2, -0.15) is 0 Å². The minimum absolute atomic E-state index is 0.0873. The second-order valence-electron chi connectivity index (χ2n) is 5.15. The summed E-state index contributed by atoms with van der Waals surface area (Å²) in [5.74, 6) is 1.58. The summed E-state index contributed by atoms with van der Waals surface area (Å²) in [7, 11) is 0. The summed E-state index contributed by atoms with van der Waals surface area (Å²) >= 11 is 0. The van der Waals surface area contributed by atoms with Gasteiger partial charge < -0.3 is 9.88 Å². The maximum atomic E-state index is 11.5. The molecule has 3 rings (SSSR count). The Balaban J connectivity index is 1.60. The van der Waals surface area contributed by atoms with Crippen LogP contribution in [0.5, 0.6) is 0 Å². The third kappa shape index (κ3) is 3.43. The van der Waals surface area contributed by atoms with Crippen molar-refractivity contribution in [1.82, 2.24) is 24.8 Å². The van der Waals surface area contributed by atoms with E-state index < -0.39 is 0 Å². The lowest BCUT2D eigenvalue weighted by Gasteiger charge is -2.34. The van der Waals surface area contributed by atoms with Crippen LogP contribution in [0, 0.1) is 6.92 Å². The molecule has 2 aromatic rings. The fraction of sp³-hybridized carbons (Fsp3) is 0.429. The van der Waals surface area contributed by atoms with Crippen LogP contribution in [0.4, 0.5) is 5.82 Å². The first-order valence-electron chi connectivity index (χ1n) is 7.01. The maximum Gasteiger partial charge on any atom is 0.251 e. The third-order valence-corrected chi connectivity index (χ3v) is 3.54. The van der Waals surface area contributed by atoms with Crippen molar-refractivity contribution in [3.8, 4) is 0 Å². The first-order chi connectivity index (χ1) is 10.2. The predicted octanol–water partition coefficient (Wildman–Crippen LogP) is 0.191. The first kappa shape index (κ1) is 13.7. The van der Waals surface area contributed by atoms with Crippen molar-refractivity contribution in [1.29, 1.82) is 0 Å². The van der Waals surface area contributed by atoms with Gasteiger partial charge in [-0.3, -0.25) is 14.7 Å². The highest BCUT2D eigenvalue weighted by molar-refractivity contribution is 5.35. The van der Waals surface area contributed by atoms with Crippen molar-refractivity contribution in [3.05, 3.63) is 46.5 Å². The molecule has 7 nitrogen and oxygen atoms in total. The van der Waals surface area contributed by atoms with Crippen LogP contribution in [-0.4, -0.2) is 51.0 Å². The molecule has 2 aromatic heterocycles. The van der Waals surface area contributed by atoms with E-state index in [1.807, 2.05) is 0 Å². The molecule has 1 saturated heterocycles. The minimum atomic E-state index is -0.0873. The zero-order valence-corrected chi connectivity index (χ0v) is 12.0. The van der Waals surface area contributed by atoms with Crippen LogP contribution in [0.2, 0.25) is 0 Å². The van der Waals surface area contributed by atoms with Gasteiger partial charge in [-0.05, 0) is 6.92 Å². The molecule has 21 heavy (non-hydrogen) atoms. The molecule has 0 spiro atoms. The van der Waals surface area contributed by atoms with Crippen LogP contribution in [0.1, 0.15) is 11.5 Å². The van der Waals surface area contributed by atoms with Gasteiger partial charge in [0, 0.05) is 51.2 Å². The highest BCUT2D eigenvalue weighted by Crippen LogP contribution is 2.12. The monoisotopic (exact) mass is 286 g/mol. The van der Waals surface area contributed by atoms with E-state index in [1.54, 1.807) is 31.6 Å². The molecular formula is C14H18N6O. The molecule has 1 N–H and O–H groups in total. The second-order valence-corrected chi connectivity index (χ2v) is 5.15. The van der Waals surface area contributed by atoms with E-state index >= 15 is 0 Å². The number of anilines is 1. The van der Waals surface area contributed by atoms with Crippen LogP contribution in [-0.2, 0) is 6.54 Å². The van der Waals surface area contributed by atoms with Crippen molar-refractivity contribution in [3.63, 3.8) is 0 Å². The largest absolute Gasteiger partial charge is 0.353 e. The van der Waals surface area contributed by atoms with Crippen molar-refractivity contribution in [2.24, 2.45) is 0 Å². The minimum Gasteiger partial charge on any atom is -0.353 e. The second kappa shape index (κ2) is 6.01. The average molecular weight is 286 g/mol. The van der Waals surface area contributed by atoms with Crippen LogP contribution in [0.3, 0.4) is 0 Å². The number of nitrogens with one attached hydrogen (secondary N) is 1. The Morgan fingerprint density at radius 1 is 1.24 bits per heavy atom. The van der Waals surface area contributed by atoms with Gasteiger partial charge in [0.05, 0.1) is 11.9 Å². The Labute approximate surface area is 122 Å². The molecule has 0 aromatic carbocycles. The number of rotatable bonds is 3. The first-order valence-corrected chi connectivity index (χ1v) is 7.01. The van der Waals surface area contributed by atoms with Crippen LogP contribution in [0.25, 0.3) is 0 Å². The molecule has 1 aliphatic heterocycles. The van der Waals surface area contributed by atoms with Gasteiger partial charge in [-0.25, -0.2) is 9.97 Å². The van der Waals surface area contributed by atoms with Crippen LogP contribution >= 0.6 is 0 Å². The predicted molar refractivity (Wildman–Crippen MR) is 79.1 cm³/mol. The van der Waals surface area contributed by atoms with Crippen LogP contribution < -0.4 is 10.5 Å². The van der Waals surface area contributed by atoms with Gasteiger partial charge in [-0.15, -0.1) is 0 Å². The molecule has 110 valence electrons. The summed E-state index contributed by atoms with van der Waals surface area (Å²) in [6, 6.07) is 1.57. The summed E-state index contributed by atoms with van der Waals surface area (Å²) < 4.78 is 0. The molecule has 7 heteroatoms. The molecule has 0 amide bonds. The Morgan fingerprint density at radius 3 is 2.71 bits per heavy atom. The highest BCUT2D eigenvalue weighted by Gasteiger charge is 2.18. The van der Waals surface area contributed by atoms with Crippen LogP contribution in [0.15, 0.2) is 29.5 Å². The zero-order chi connectivity index (χ0) is 14.7. The smallest absolute Gasteiger partial charge is 0.251 e. The molecule has 3 heterocycles. The van der Waals surface area contributed by atoms with Gasteiger partial charge in [-0.1, -0.05) is 0 Å². The van der Waals surface area contributed by atoms with Crippen molar-refractivity contribution in [2.75, 3.05) is 31.1 Å². The molecule has 0 radical (unpaired) electrons. The summed E-state index contributed by atoms with van der Waals surface area (Å²) in [6.45, 7) is 6.16. The van der Waals surface area contributed by atoms with Gasteiger partial charge in [0.25, 0.3) is 5.56 Å². The molecule has 0 bridgehead atoms. The number of hydrogen-bond acceptors (Lipinski definition) is 6. The van der Waals surface area contributed by atoms with E-state index in [9.17, 15) is 4.79 Å². The van der Waals surface area contributed by atoms with E-state index in [2.05, 4.69) is 29.7 Å². The average Bonchev–Trinajstić information content (AvgIpc) is 2.48. The summed E-state index contributed by atoms with van der Waals surface area (Å²) in [5.41, 5.74) is 0.736. The SMILES string of the molecule is Cc1nc(CN2CCN(c3cnccn3)CC2)cc(=O)[nH]1. The number of aromatic nitrogens is 4. The number of hydrogen-bond donors (Lipinski definition) is 1. The maximum absolute atomic E-state index is 11.5. The Morgan fingerprint density at radius 2 is 2.05 bits per heavy atom. The lowest BCUT2D eigenvalue weighted by molar-refractivity contribution is 0.246. The van der Waals surface area contributed by atoms with Crippen molar-refractivity contribution in [2.45, 2.75) is 13.5 Å². The molecule has 1 fully saturated rings. The van der Waals surface area contributed by atoms with E-state index in [4.69, 9.17) is 0 Å². The lowest BCUT2D eigenvalue weighted by atomic mass is 10.3. The normalized spacial score (nSPS) is 16.1. The Bertz CT molecular complexity index is 648. The topological polar surface area (TPSA) is 78.0 Å². The molecule has 0 unspecified atom stereocenters. The summed E-state index contributed by atoms with van der Waals surface area (Å²) in [6.07, 6.45) is 5.18. The summed E-state index contributed by atoms with van der Waals surface area (Å²) in [5, 5.41) is 0. The Kier molecular flexibility index (Phi) is 3.92. The molecule has 0 atom stereocenters. The van der Waals surface area contributed by atoms with E-state index in [0.29, 0.717) is 12.4 Å². The van der Waals surface area contributed by atoms with Gasteiger partial charge in [0.15, 0.2) is 0 Å². The fourth-order valence-electron chi connectivity index (χ4n) is 2.54. The number of piperazine rings is 1. The highest BCUT2D eigenvalue weighted by atomic mass is 16.1.